The lowest BCUT2D eigenvalue weighted by atomic mass is 10.1. The molecule has 172 valence electrons. The van der Waals surface area contributed by atoms with Crippen molar-refractivity contribution in [1.29, 1.82) is 0 Å². The first kappa shape index (κ1) is 25.0. The van der Waals surface area contributed by atoms with Gasteiger partial charge in [0.05, 0.1) is 10.6 Å². The second kappa shape index (κ2) is 11.4. The topological polar surface area (TPSA) is 117 Å². The van der Waals surface area contributed by atoms with Crippen LogP contribution in [0.5, 0.6) is 0 Å². The van der Waals surface area contributed by atoms with E-state index in [-0.39, 0.29) is 17.4 Å². The number of nitrogens with one attached hydrogen (secondary N) is 2. The van der Waals surface area contributed by atoms with Gasteiger partial charge in [-0.05, 0) is 42.8 Å². The molecule has 0 atom stereocenters. The SMILES string of the molecule is CCN(CC)S(=O)(=O)c1cccc(NC(=O)CO/N=C(\C)c2ccc(NC(C)=O)cc2)c1. The van der Waals surface area contributed by atoms with Crippen molar-refractivity contribution < 1.29 is 22.8 Å². The standard InChI is InChI=1S/C22H28N4O5S/c1-5-26(6-2)32(29,30)21-9-7-8-20(14-21)24-22(28)15-31-25-16(3)18-10-12-19(13-11-18)23-17(4)27/h7-14H,5-6,15H2,1-4H3,(H,23,27)(H,24,28)/b25-16+. The summed E-state index contributed by atoms with van der Waals surface area (Å²) in [6, 6.07) is 13.1. The Morgan fingerprint density at radius 1 is 0.969 bits per heavy atom. The van der Waals surface area contributed by atoms with Crippen molar-refractivity contribution in [3.05, 3.63) is 54.1 Å². The molecule has 0 bridgehead atoms. The van der Waals surface area contributed by atoms with Crippen LogP contribution in [0.2, 0.25) is 0 Å². The molecule has 0 aliphatic rings. The third kappa shape index (κ3) is 6.89. The first-order valence-electron chi connectivity index (χ1n) is 10.1. The Hall–Kier alpha value is -3.24. The zero-order valence-corrected chi connectivity index (χ0v) is 19.4. The molecule has 32 heavy (non-hydrogen) atoms. The summed E-state index contributed by atoms with van der Waals surface area (Å²) in [7, 11) is -3.62. The summed E-state index contributed by atoms with van der Waals surface area (Å²) in [5, 5.41) is 9.22. The molecule has 0 aliphatic carbocycles. The minimum Gasteiger partial charge on any atom is -0.385 e. The molecular formula is C22H28N4O5S. The Balaban J connectivity index is 1.96. The molecule has 0 radical (unpaired) electrons. The monoisotopic (exact) mass is 460 g/mol. The minimum atomic E-state index is -3.62. The van der Waals surface area contributed by atoms with Gasteiger partial charge in [-0.2, -0.15) is 4.31 Å². The molecule has 0 spiro atoms. The van der Waals surface area contributed by atoms with Gasteiger partial charge in [0.1, 0.15) is 0 Å². The smallest absolute Gasteiger partial charge is 0.265 e. The zero-order chi connectivity index (χ0) is 23.7. The summed E-state index contributed by atoms with van der Waals surface area (Å²) < 4.78 is 26.6. The number of hydrogen-bond acceptors (Lipinski definition) is 6. The van der Waals surface area contributed by atoms with Crippen LogP contribution < -0.4 is 10.6 Å². The maximum absolute atomic E-state index is 12.6. The second-order valence-electron chi connectivity index (χ2n) is 6.87. The van der Waals surface area contributed by atoms with E-state index < -0.39 is 15.9 Å². The van der Waals surface area contributed by atoms with Crippen LogP contribution in [-0.2, 0) is 24.4 Å². The number of carbonyl (C=O) groups excluding carboxylic acids is 2. The Labute approximate surface area is 188 Å². The number of amides is 2. The van der Waals surface area contributed by atoms with Crippen molar-refractivity contribution in [2.24, 2.45) is 5.16 Å². The lowest BCUT2D eigenvalue weighted by Crippen LogP contribution is -2.30. The van der Waals surface area contributed by atoms with E-state index in [9.17, 15) is 18.0 Å². The van der Waals surface area contributed by atoms with Gasteiger partial charge >= 0.3 is 0 Å². The van der Waals surface area contributed by atoms with Crippen LogP contribution in [0.25, 0.3) is 0 Å². The van der Waals surface area contributed by atoms with Gasteiger partial charge in [0.2, 0.25) is 15.9 Å². The van der Waals surface area contributed by atoms with Gasteiger partial charge in [0.15, 0.2) is 6.61 Å². The fourth-order valence-corrected chi connectivity index (χ4v) is 4.39. The van der Waals surface area contributed by atoms with E-state index in [1.165, 1.54) is 23.4 Å². The Morgan fingerprint density at radius 3 is 2.22 bits per heavy atom. The summed E-state index contributed by atoms with van der Waals surface area (Å²) in [4.78, 5) is 28.5. The van der Waals surface area contributed by atoms with Gasteiger partial charge in [-0.3, -0.25) is 9.59 Å². The van der Waals surface area contributed by atoms with E-state index in [2.05, 4.69) is 15.8 Å². The molecule has 0 fully saturated rings. The summed E-state index contributed by atoms with van der Waals surface area (Å²) >= 11 is 0. The molecule has 0 saturated carbocycles. The fourth-order valence-electron chi connectivity index (χ4n) is 2.88. The molecule has 10 heteroatoms. The number of hydrogen-bond donors (Lipinski definition) is 2. The lowest BCUT2D eigenvalue weighted by molar-refractivity contribution is -0.120. The number of oxime groups is 1. The van der Waals surface area contributed by atoms with E-state index in [1.54, 1.807) is 57.2 Å². The molecule has 9 nitrogen and oxygen atoms in total. The largest absolute Gasteiger partial charge is 0.385 e. The van der Waals surface area contributed by atoms with Crippen molar-refractivity contribution in [1.82, 2.24) is 4.31 Å². The van der Waals surface area contributed by atoms with Crippen molar-refractivity contribution >= 4 is 38.9 Å². The van der Waals surface area contributed by atoms with Crippen molar-refractivity contribution in [3.63, 3.8) is 0 Å². The quantitative estimate of drug-likeness (QED) is 0.417. The number of benzene rings is 2. The van der Waals surface area contributed by atoms with Gasteiger partial charge in [-0.25, -0.2) is 8.42 Å². The molecule has 2 rings (SSSR count). The third-order valence-corrected chi connectivity index (χ3v) is 6.53. The van der Waals surface area contributed by atoms with E-state index >= 15 is 0 Å². The highest BCUT2D eigenvalue weighted by molar-refractivity contribution is 7.89. The highest BCUT2D eigenvalue weighted by Gasteiger charge is 2.21. The highest BCUT2D eigenvalue weighted by atomic mass is 32.2. The van der Waals surface area contributed by atoms with Crippen LogP contribution in [0.15, 0.2) is 58.6 Å². The molecule has 0 unspecified atom stereocenters. The van der Waals surface area contributed by atoms with Crippen LogP contribution in [0.3, 0.4) is 0 Å². The lowest BCUT2D eigenvalue weighted by Gasteiger charge is -2.18. The Kier molecular flexibility index (Phi) is 8.91. The van der Waals surface area contributed by atoms with E-state index in [4.69, 9.17) is 4.84 Å². The summed E-state index contributed by atoms with van der Waals surface area (Å²) in [5.74, 6) is -0.631. The third-order valence-electron chi connectivity index (χ3n) is 4.48. The number of sulfonamides is 1. The van der Waals surface area contributed by atoms with Crippen molar-refractivity contribution in [2.75, 3.05) is 30.3 Å². The fraction of sp³-hybridized carbons (Fsp3) is 0.318. The number of anilines is 2. The van der Waals surface area contributed by atoms with Gasteiger partial charge in [-0.15, -0.1) is 0 Å². The number of carbonyl (C=O) groups is 2. The molecule has 2 N–H and O–H groups in total. The second-order valence-corrected chi connectivity index (χ2v) is 8.81. The number of rotatable bonds is 10. The average Bonchev–Trinajstić information content (AvgIpc) is 2.74. The maximum atomic E-state index is 12.6. The van der Waals surface area contributed by atoms with Gasteiger partial charge < -0.3 is 15.5 Å². The summed E-state index contributed by atoms with van der Waals surface area (Å²) in [6.07, 6.45) is 0. The van der Waals surface area contributed by atoms with Crippen LogP contribution in [0.4, 0.5) is 11.4 Å². The van der Waals surface area contributed by atoms with Gasteiger partial charge in [-0.1, -0.05) is 37.2 Å². The summed E-state index contributed by atoms with van der Waals surface area (Å²) in [5.41, 5.74) is 2.34. The zero-order valence-electron chi connectivity index (χ0n) is 18.6. The predicted octanol–water partition coefficient (Wildman–Crippen LogP) is 3.05. The Morgan fingerprint density at radius 2 is 1.62 bits per heavy atom. The highest BCUT2D eigenvalue weighted by Crippen LogP contribution is 2.19. The average molecular weight is 461 g/mol. The molecule has 0 saturated heterocycles. The van der Waals surface area contributed by atoms with E-state index in [0.717, 1.165) is 5.56 Å². The van der Waals surface area contributed by atoms with Crippen LogP contribution in [-0.4, -0.2) is 49.9 Å². The molecule has 2 aromatic rings. The van der Waals surface area contributed by atoms with Crippen LogP contribution in [0, 0.1) is 0 Å². The number of nitrogens with zero attached hydrogens (tertiary/aromatic N) is 2. The molecule has 2 aromatic carbocycles. The molecule has 0 aliphatic heterocycles. The van der Waals surface area contributed by atoms with Gasteiger partial charge in [0.25, 0.3) is 5.91 Å². The minimum absolute atomic E-state index is 0.108. The van der Waals surface area contributed by atoms with Crippen molar-refractivity contribution in [2.45, 2.75) is 32.6 Å². The van der Waals surface area contributed by atoms with Crippen molar-refractivity contribution in [3.8, 4) is 0 Å². The molecule has 0 aromatic heterocycles. The molecule has 2 amide bonds. The first-order valence-corrected chi connectivity index (χ1v) is 11.6. The van der Waals surface area contributed by atoms with Crippen LogP contribution in [0.1, 0.15) is 33.3 Å². The van der Waals surface area contributed by atoms with Crippen LogP contribution >= 0.6 is 0 Å². The first-order chi connectivity index (χ1) is 15.2. The summed E-state index contributed by atoms with van der Waals surface area (Å²) in [6.45, 7) is 7.07. The molecule has 0 heterocycles. The molecular weight excluding hydrogens is 432 g/mol. The Bertz CT molecular complexity index is 1080. The van der Waals surface area contributed by atoms with Gasteiger partial charge in [0, 0.05) is 31.4 Å². The predicted molar refractivity (Wildman–Crippen MR) is 124 cm³/mol. The normalized spacial score (nSPS) is 11.8. The maximum Gasteiger partial charge on any atom is 0.265 e. The van der Waals surface area contributed by atoms with E-state index in [0.29, 0.717) is 30.2 Å². The van der Waals surface area contributed by atoms with E-state index in [1.807, 2.05) is 0 Å².